The molecule has 0 aliphatic rings. The molecule has 0 saturated heterocycles. The summed E-state index contributed by atoms with van der Waals surface area (Å²) < 4.78 is 5.85. The summed E-state index contributed by atoms with van der Waals surface area (Å²) in [5, 5.41) is 9.10. The Morgan fingerprint density at radius 3 is 2.30 bits per heavy atom. The van der Waals surface area contributed by atoms with E-state index in [9.17, 15) is 4.79 Å². The molecule has 5 heteroatoms. The van der Waals surface area contributed by atoms with Crippen LogP contribution in [0, 0.1) is 0 Å². The van der Waals surface area contributed by atoms with Crippen molar-refractivity contribution in [2.45, 2.75) is 32.7 Å². The standard InChI is InChI=1S/C18H20O5/c1-13(21-18(2,3)14-9-5-4-6-10-14)22-23-16-12-8-7-11-15(16)17(19)20/h4-13H,1-3H3,(H,19,20). The predicted molar refractivity (Wildman–Crippen MR) is 85.1 cm³/mol. The third-order valence-corrected chi connectivity index (χ3v) is 3.32. The predicted octanol–water partition coefficient (Wildman–Crippen LogP) is 3.99. The first-order valence-electron chi connectivity index (χ1n) is 7.29. The van der Waals surface area contributed by atoms with E-state index < -0.39 is 17.9 Å². The topological polar surface area (TPSA) is 65.0 Å². The van der Waals surface area contributed by atoms with Crippen LogP contribution in [0.15, 0.2) is 54.6 Å². The van der Waals surface area contributed by atoms with E-state index in [0.29, 0.717) is 0 Å². The number of carbonyl (C=O) groups is 1. The summed E-state index contributed by atoms with van der Waals surface area (Å²) >= 11 is 0. The SMILES string of the molecule is CC(OOc1ccccc1C(=O)O)OC(C)(C)c1ccccc1. The number of ether oxygens (including phenoxy) is 1. The van der Waals surface area contributed by atoms with Crippen LogP contribution in [0.3, 0.4) is 0 Å². The Bertz CT molecular complexity index is 651. The molecule has 5 nitrogen and oxygen atoms in total. The number of benzene rings is 2. The maximum absolute atomic E-state index is 11.1. The van der Waals surface area contributed by atoms with E-state index in [0.717, 1.165) is 5.56 Å². The van der Waals surface area contributed by atoms with Crippen molar-refractivity contribution in [1.29, 1.82) is 0 Å². The zero-order valence-electron chi connectivity index (χ0n) is 13.4. The number of carboxylic acid groups (broad SMARTS) is 1. The quantitative estimate of drug-likeness (QED) is 0.475. The molecule has 1 atom stereocenters. The van der Waals surface area contributed by atoms with Gasteiger partial charge in [0.1, 0.15) is 5.56 Å². The molecule has 2 aromatic rings. The van der Waals surface area contributed by atoms with Gasteiger partial charge in [-0.15, -0.1) is 0 Å². The molecule has 122 valence electrons. The van der Waals surface area contributed by atoms with Gasteiger partial charge in [0.2, 0.25) is 6.29 Å². The zero-order chi connectivity index (χ0) is 16.9. The van der Waals surface area contributed by atoms with Gasteiger partial charge in [0.25, 0.3) is 0 Å². The molecule has 1 N–H and O–H groups in total. The third kappa shape index (κ3) is 4.55. The van der Waals surface area contributed by atoms with Gasteiger partial charge in [-0.05, 0) is 38.5 Å². The van der Waals surface area contributed by atoms with Crippen molar-refractivity contribution in [3.63, 3.8) is 0 Å². The van der Waals surface area contributed by atoms with Crippen molar-refractivity contribution < 1.29 is 24.4 Å². The number of hydrogen-bond donors (Lipinski definition) is 1. The monoisotopic (exact) mass is 316 g/mol. The van der Waals surface area contributed by atoms with Gasteiger partial charge < -0.3 is 14.7 Å². The first kappa shape index (κ1) is 17.0. The van der Waals surface area contributed by atoms with Crippen LogP contribution in [0.1, 0.15) is 36.7 Å². The first-order chi connectivity index (χ1) is 10.9. The molecule has 0 spiro atoms. The number of aromatic carboxylic acids is 1. The average Bonchev–Trinajstić information content (AvgIpc) is 2.53. The van der Waals surface area contributed by atoms with Crippen LogP contribution < -0.4 is 4.89 Å². The van der Waals surface area contributed by atoms with Gasteiger partial charge in [-0.2, -0.15) is 4.89 Å². The fourth-order valence-corrected chi connectivity index (χ4v) is 2.18. The van der Waals surface area contributed by atoms with E-state index in [1.54, 1.807) is 19.1 Å². The highest BCUT2D eigenvalue weighted by Gasteiger charge is 2.25. The van der Waals surface area contributed by atoms with Crippen LogP contribution in [-0.4, -0.2) is 17.4 Å². The molecule has 0 amide bonds. The summed E-state index contributed by atoms with van der Waals surface area (Å²) in [7, 11) is 0. The highest BCUT2D eigenvalue weighted by atomic mass is 17.2. The van der Waals surface area contributed by atoms with Gasteiger partial charge in [-0.25, -0.2) is 4.79 Å². The molecule has 2 rings (SSSR count). The van der Waals surface area contributed by atoms with Crippen molar-refractivity contribution in [3.8, 4) is 5.75 Å². The second-order valence-corrected chi connectivity index (χ2v) is 5.54. The second-order valence-electron chi connectivity index (χ2n) is 5.54. The second kappa shape index (κ2) is 7.26. The number of carboxylic acids is 1. The summed E-state index contributed by atoms with van der Waals surface area (Å²) in [6.45, 7) is 5.54. The van der Waals surface area contributed by atoms with Crippen LogP contribution >= 0.6 is 0 Å². The highest BCUT2D eigenvalue weighted by Crippen LogP contribution is 2.27. The van der Waals surface area contributed by atoms with Crippen LogP contribution in [0.25, 0.3) is 0 Å². The lowest BCUT2D eigenvalue weighted by Crippen LogP contribution is -2.29. The van der Waals surface area contributed by atoms with Gasteiger partial charge in [-0.3, -0.25) is 0 Å². The van der Waals surface area contributed by atoms with Crippen LogP contribution in [-0.2, 0) is 15.2 Å². The van der Waals surface area contributed by atoms with Crippen molar-refractivity contribution in [2.24, 2.45) is 0 Å². The van der Waals surface area contributed by atoms with Crippen molar-refractivity contribution in [2.75, 3.05) is 0 Å². The van der Waals surface area contributed by atoms with E-state index in [1.165, 1.54) is 12.1 Å². The lowest BCUT2D eigenvalue weighted by atomic mass is 9.98. The van der Waals surface area contributed by atoms with Gasteiger partial charge in [0, 0.05) is 0 Å². The van der Waals surface area contributed by atoms with E-state index in [-0.39, 0.29) is 11.3 Å². The van der Waals surface area contributed by atoms with Crippen molar-refractivity contribution in [3.05, 3.63) is 65.7 Å². The number of para-hydroxylation sites is 1. The molecular formula is C18H20O5. The van der Waals surface area contributed by atoms with Gasteiger partial charge >= 0.3 is 5.97 Å². The maximum atomic E-state index is 11.1. The van der Waals surface area contributed by atoms with Gasteiger partial charge in [-0.1, -0.05) is 42.5 Å². The van der Waals surface area contributed by atoms with Crippen molar-refractivity contribution >= 4 is 5.97 Å². The first-order valence-corrected chi connectivity index (χ1v) is 7.29. The van der Waals surface area contributed by atoms with Crippen LogP contribution in [0.4, 0.5) is 0 Å². The number of rotatable bonds is 7. The van der Waals surface area contributed by atoms with E-state index in [4.69, 9.17) is 19.6 Å². The Morgan fingerprint density at radius 1 is 1.04 bits per heavy atom. The molecule has 0 bridgehead atoms. The molecule has 0 aliphatic carbocycles. The van der Waals surface area contributed by atoms with Gasteiger partial charge in [0.05, 0.1) is 5.60 Å². The number of hydrogen-bond acceptors (Lipinski definition) is 4. The Labute approximate surface area is 135 Å². The molecule has 0 aliphatic heterocycles. The van der Waals surface area contributed by atoms with Crippen LogP contribution in [0.2, 0.25) is 0 Å². The lowest BCUT2D eigenvalue weighted by Gasteiger charge is -2.28. The third-order valence-electron chi connectivity index (χ3n) is 3.32. The zero-order valence-corrected chi connectivity index (χ0v) is 13.4. The molecular weight excluding hydrogens is 296 g/mol. The Hall–Kier alpha value is -2.37. The summed E-state index contributed by atoms with van der Waals surface area (Å²) in [6.07, 6.45) is -0.688. The maximum Gasteiger partial charge on any atom is 0.339 e. The highest BCUT2D eigenvalue weighted by molar-refractivity contribution is 5.90. The normalized spacial score (nSPS) is 12.7. The molecule has 0 fully saturated rings. The minimum absolute atomic E-state index is 0.0296. The minimum Gasteiger partial charge on any atom is -0.478 e. The van der Waals surface area contributed by atoms with Crippen molar-refractivity contribution in [1.82, 2.24) is 0 Å². The summed E-state index contributed by atoms with van der Waals surface area (Å²) in [5.74, 6) is -0.949. The summed E-state index contributed by atoms with van der Waals surface area (Å²) in [6, 6.07) is 16.0. The van der Waals surface area contributed by atoms with Gasteiger partial charge in [0.15, 0.2) is 5.75 Å². The molecule has 0 saturated carbocycles. The fraction of sp³-hybridized carbons (Fsp3) is 0.278. The van der Waals surface area contributed by atoms with Crippen LogP contribution in [0.5, 0.6) is 5.75 Å². The summed E-state index contributed by atoms with van der Waals surface area (Å²) in [5.41, 5.74) is 0.458. The lowest BCUT2D eigenvalue weighted by molar-refractivity contribution is -0.335. The molecule has 1 unspecified atom stereocenters. The Morgan fingerprint density at radius 2 is 1.65 bits per heavy atom. The Balaban J connectivity index is 1.98. The largest absolute Gasteiger partial charge is 0.478 e. The van der Waals surface area contributed by atoms with E-state index in [2.05, 4.69) is 0 Å². The molecule has 0 radical (unpaired) electrons. The average molecular weight is 316 g/mol. The molecule has 2 aromatic carbocycles. The minimum atomic E-state index is -1.08. The van der Waals surface area contributed by atoms with E-state index >= 15 is 0 Å². The summed E-state index contributed by atoms with van der Waals surface area (Å²) in [4.78, 5) is 21.4. The Kier molecular flexibility index (Phi) is 5.36. The smallest absolute Gasteiger partial charge is 0.339 e. The molecule has 0 heterocycles. The molecule has 23 heavy (non-hydrogen) atoms. The fourth-order valence-electron chi connectivity index (χ4n) is 2.18. The molecule has 0 aromatic heterocycles. The van der Waals surface area contributed by atoms with E-state index in [1.807, 2.05) is 44.2 Å².